The Bertz CT molecular complexity index is 930. The van der Waals surface area contributed by atoms with Crippen LogP contribution in [-0.4, -0.2) is 27.8 Å². The molecule has 0 atom stereocenters. The van der Waals surface area contributed by atoms with Crippen LogP contribution in [0.3, 0.4) is 0 Å². The number of nitrogens with zero attached hydrogens (tertiary/aromatic N) is 3. The van der Waals surface area contributed by atoms with Crippen LogP contribution in [0, 0.1) is 0 Å². The van der Waals surface area contributed by atoms with Gasteiger partial charge in [-0.3, -0.25) is 9.69 Å². The van der Waals surface area contributed by atoms with Gasteiger partial charge in [0.25, 0.3) is 5.56 Å². The van der Waals surface area contributed by atoms with Gasteiger partial charge >= 0.3 is 0 Å². The summed E-state index contributed by atoms with van der Waals surface area (Å²) in [4.78, 5) is 15.0. The molecule has 1 heterocycles. The van der Waals surface area contributed by atoms with Crippen molar-refractivity contribution < 1.29 is 4.74 Å². The number of fused-ring (bicyclic) bond motifs is 1. The highest BCUT2D eigenvalue weighted by molar-refractivity contribution is 5.80. The first-order valence-electron chi connectivity index (χ1n) is 8.56. The Morgan fingerprint density at radius 3 is 2.64 bits per heavy atom. The molecule has 0 aliphatic heterocycles. The lowest BCUT2D eigenvalue weighted by molar-refractivity contribution is 0.184. The molecule has 4 rings (SSSR count). The summed E-state index contributed by atoms with van der Waals surface area (Å²) in [5, 5.41) is 5.97. The summed E-state index contributed by atoms with van der Waals surface area (Å²) >= 11 is 0. The number of hydrogen-bond acceptors (Lipinski definition) is 4. The van der Waals surface area contributed by atoms with Gasteiger partial charge in [0.1, 0.15) is 5.75 Å². The van der Waals surface area contributed by atoms with E-state index in [1.165, 1.54) is 18.4 Å². The molecule has 0 unspecified atom stereocenters. The zero-order chi connectivity index (χ0) is 17.2. The Kier molecular flexibility index (Phi) is 4.24. The summed E-state index contributed by atoms with van der Waals surface area (Å²) in [5.41, 5.74) is 1.18. The predicted molar refractivity (Wildman–Crippen MR) is 97.6 cm³/mol. The standard InChI is InChI=1S/C20H21N3O2/c1-25-18-10-6-15(7-11-18)13-22(17-8-9-17)14-23-20(24)19-5-3-2-4-16(19)12-21-23/h2-7,10-12,17H,8-9,13-14H2,1H3. The highest BCUT2D eigenvalue weighted by atomic mass is 16.5. The van der Waals surface area contributed by atoms with Crippen LogP contribution >= 0.6 is 0 Å². The third-order valence-electron chi connectivity index (χ3n) is 4.69. The summed E-state index contributed by atoms with van der Waals surface area (Å²) in [6.07, 6.45) is 4.13. The largest absolute Gasteiger partial charge is 0.497 e. The highest BCUT2D eigenvalue weighted by Crippen LogP contribution is 2.29. The molecular formula is C20H21N3O2. The van der Waals surface area contributed by atoms with Gasteiger partial charge in [-0.05, 0) is 36.6 Å². The summed E-state index contributed by atoms with van der Waals surface area (Å²) in [6, 6.07) is 16.2. The van der Waals surface area contributed by atoms with Crippen molar-refractivity contribution in [3.8, 4) is 5.75 Å². The van der Waals surface area contributed by atoms with Crippen molar-refractivity contribution in [1.29, 1.82) is 0 Å². The SMILES string of the molecule is COc1ccc(CN(Cn2ncc3ccccc3c2=O)C2CC2)cc1. The van der Waals surface area contributed by atoms with Crippen LogP contribution in [0.2, 0.25) is 0 Å². The van der Waals surface area contributed by atoms with E-state index in [1.54, 1.807) is 18.0 Å². The maximum atomic E-state index is 12.7. The van der Waals surface area contributed by atoms with Gasteiger partial charge in [-0.1, -0.05) is 30.3 Å². The molecule has 1 aromatic heterocycles. The predicted octanol–water partition coefficient (Wildman–Crippen LogP) is 3.03. The second-order valence-electron chi connectivity index (χ2n) is 6.50. The minimum absolute atomic E-state index is 0.0292. The van der Waals surface area contributed by atoms with Crippen molar-refractivity contribution in [3.63, 3.8) is 0 Å². The zero-order valence-corrected chi connectivity index (χ0v) is 14.3. The second-order valence-corrected chi connectivity index (χ2v) is 6.50. The average Bonchev–Trinajstić information content (AvgIpc) is 3.49. The van der Waals surface area contributed by atoms with Crippen LogP contribution in [0.5, 0.6) is 5.75 Å². The Balaban J connectivity index is 1.58. The van der Waals surface area contributed by atoms with Crippen molar-refractivity contribution in [2.75, 3.05) is 7.11 Å². The third-order valence-corrected chi connectivity index (χ3v) is 4.69. The van der Waals surface area contributed by atoms with Crippen LogP contribution in [0.1, 0.15) is 18.4 Å². The first kappa shape index (κ1) is 15.8. The van der Waals surface area contributed by atoms with Crippen molar-refractivity contribution in [3.05, 3.63) is 70.6 Å². The summed E-state index contributed by atoms with van der Waals surface area (Å²) in [7, 11) is 1.67. The van der Waals surface area contributed by atoms with E-state index in [2.05, 4.69) is 22.1 Å². The molecule has 5 nitrogen and oxygen atoms in total. The molecule has 128 valence electrons. The van der Waals surface area contributed by atoms with Gasteiger partial charge in [0, 0.05) is 18.0 Å². The van der Waals surface area contributed by atoms with Gasteiger partial charge < -0.3 is 4.74 Å². The van der Waals surface area contributed by atoms with Gasteiger partial charge in [0.2, 0.25) is 0 Å². The maximum Gasteiger partial charge on any atom is 0.275 e. The molecule has 1 aliphatic rings. The molecule has 2 aromatic carbocycles. The lowest BCUT2D eigenvalue weighted by atomic mass is 10.2. The normalized spacial score (nSPS) is 14.2. The number of aromatic nitrogens is 2. The van der Waals surface area contributed by atoms with Crippen molar-refractivity contribution in [1.82, 2.24) is 14.7 Å². The highest BCUT2D eigenvalue weighted by Gasteiger charge is 2.29. The molecule has 0 bridgehead atoms. The minimum Gasteiger partial charge on any atom is -0.497 e. The molecule has 0 N–H and O–H groups in total. The van der Waals surface area contributed by atoms with Gasteiger partial charge in [-0.2, -0.15) is 5.10 Å². The zero-order valence-electron chi connectivity index (χ0n) is 14.3. The van der Waals surface area contributed by atoms with Gasteiger partial charge in [-0.15, -0.1) is 0 Å². The molecule has 1 saturated carbocycles. The van der Waals surface area contributed by atoms with Gasteiger partial charge in [0.15, 0.2) is 0 Å². The smallest absolute Gasteiger partial charge is 0.275 e. The first-order valence-corrected chi connectivity index (χ1v) is 8.56. The monoisotopic (exact) mass is 335 g/mol. The van der Waals surface area contributed by atoms with E-state index in [-0.39, 0.29) is 5.56 Å². The second kappa shape index (κ2) is 6.69. The molecule has 3 aromatic rings. The fourth-order valence-electron chi connectivity index (χ4n) is 3.10. The Labute approximate surface area is 146 Å². The van der Waals surface area contributed by atoms with E-state index in [9.17, 15) is 4.79 Å². The Hall–Kier alpha value is -2.66. The van der Waals surface area contributed by atoms with E-state index in [0.717, 1.165) is 23.1 Å². The van der Waals surface area contributed by atoms with Crippen LogP contribution in [-0.2, 0) is 13.2 Å². The van der Waals surface area contributed by atoms with Crippen LogP contribution in [0.4, 0.5) is 0 Å². The van der Waals surface area contributed by atoms with E-state index >= 15 is 0 Å². The van der Waals surface area contributed by atoms with E-state index in [1.807, 2.05) is 36.4 Å². The van der Waals surface area contributed by atoms with E-state index in [4.69, 9.17) is 4.74 Å². The summed E-state index contributed by atoms with van der Waals surface area (Å²) < 4.78 is 6.79. The number of hydrogen-bond donors (Lipinski definition) is 0. The number of benzene rings is 2. The quantitative estimate of drug-likeness (QED) is 0.695. The van der Waals surface area contributed by atoms with Gasteiger partial charge in [-0.25, -0.2) is 4.68 Å². The maximum absolute atomic E-state index is 12.7. The lowest BCUT2D eigenvalue weighted by Crippen LogP contribution is -2.34. The van der Waals surface area contributed by atoms with Crippen molar-refractivity contribution in [2.24, 2.45) is 0 Å². The van der Waals surface area contributed by atoms with E-state index < -0.39 is 0 Å². The molecule has 0 saturated heterocycles. The average molecular weight is 335 g/mol. The number of ether oxygens (including phenoxy) is 1. The van der Waals surface area contributed by atoms with Gasteiger partial charge in [0.05, 0.1) is 25.4 Å². The van der Waals surface area contributed by atoms with E-state index in [0.29, 0.717) is 12.7 Å². The lowest BCUT2D eigenvalue weighted by Gasteiger charge is -2.22. The summed E-state index contributed by atoms with van der Waals surface area (Å²) in [5.74, 6) is 0.856. The Morgan fingerprint density at radius 1 is 1.16 bits per heavy atom. The molecule has 0 amide bonds. The number of rotatable bonds is 6. The fourth-order valence-corrected chi connectivity index (χ4v) is 3.10. The Morgan fingerprint density at radius 2 is 1.92 bits per heavy atom. The summed E-state index contributed by atoms with van der Waals surface area (Å²) in [6.45, 7) is 1.32. The topological polar surface area (TPSA) is 47.4 Å². The third kappa shape index (κ3) is 3.42. The molecule has 25 heavy (non-hydrogen) atoms. The minimum atomic E-state index is -0.0292. The van der Waals surface area contributed by atoms with Crippen LogP contribution in [0.15, 0.2) is 59.5 Å². The van der Waals surface area contributed by atoms with Crippen molar-refractivity contribution in [2.45, 2.75) is 32.1 Å². The first-order chi connectivity index (χ1) is 12.2. The molecule has 0 radical (unpaired) electrons. The fraction of sp³-hybridized carbons (Fsp3) is 0.300. The van der Waals surface area contributed by atoms with Crippen molar-refractivity contribution >= 4 is 10.8 Å². The molecule has 5 heteroatoms. The van der Waals surface area contributed by atoms with Crippen LogP contribution in [0.25, 0.3) is 10.8 Å². The molecule has 0 spiro atoms. The van der Waals surface area contributed by atoms with Crippen LogP contribution < -0.4 is 10.3 Å². The molecular weight excluding hydrogens is 314 g/mol. The molecule has 1 aliphatic carbocycles. The number of methoxy groups -OCH3 is 1. The molecule has 1 fully saturated rings.